The highest BCUT2D eigenvalue weighted by molar-refractivity contribution is 7.45. The standard InChI is InChI=1S/C14H14N5O8P/c15-14-17-11-7(12(21)18-14)16-10(5-2-1-3-24-5)19(11)13-8(20)9-6(26-13)4-25-28(22,23)27-9/h1-3,6,8-9,13,20H,4H2,(H,22,23)(H3,15,17,18,21)/p-1/t6?,8?,9-,13-/m1/s1. The summed E-state index contributed by atoms with van der Waals surface area (Å²) in [6, 6.07) is 3.20. The molecule has 5 rings (SSSR count). The third kappa shape index (κ3) is 2.60. The van der Waals surface area contributed by atoms with Gasteiger partial charge in [0.05, 0.1) is 12.9 Å². The second kappa shape index (κ2) is 5.98. The van der Waals surface area contributed by atoms with Crippen LogP contribution in [0.3, 0.4) is 0 Å². The van der Waals surface area contributed by atoms with Gasteiger partial charge in [0, 0.05) is 0 Å². The number of phosphoric ester groups is 1. The molecule has 2 aliphatic heterocycles. The third-order valence-corrected chi connectivity index (χ3v) is 5.49. The second-order valence-corrected chi connectivity index (χ2v) is 7.64. The number of aromatic nitrogens is 4. The van der Waals surface area contributed by atoms with Crippen molar-refractivity contribution in [2.75, 3.05) is 12.3 Å². The fraction of sp³-hybridized carbons (Fsp3) is 0.357. The Bertz CT molecular complexity index is 1160. The summed E-state index contributed by atoms with van der Waals surface area (Å²) in [6.07, 6.45) is -3.26. The number of furan rings is 1. The Labute approximate surface area is 155 Å². The number of aliphatic hydroxyl groups excluding tert-OH is 1. The van der Waals surface area contributed by atoms with Gasteiger partial charge in [0.25, 0.3) is 13.4 Å². The molecular formula is C14H13N5O8P-. The highest BCUT2D eigenvalue weighted by atomic mass is 31.2. The van der Waals surface area contributed by atoms with Crippen molar-refractivity contribution in [1.29, 1.82) is 0 Å². The van der Waals surface area contributed by atoms with Crippen LogP contribution in [0.25, 0.3) is 22.7 Å². The Morgan fingerprint density at radius 1 is 1.43 bits per heavy atom. The number of nitrogens with two attached hydrogens (primary N) is 1. The Kier molecular flexibility index (Phi) is 3.75. The number of anilines is 1. The number of hydrogen-bond donors (Lipinski definition) is 3. The first-order valence-electron chi connectivity index (χ1n) is 8.13. The van der Waals surface area contributed by atoms with Crippen molar-refractivity contribution >= 4 is 24.9 Å². The number of fused-ring (bicyclic) bond motifs is 2. The van der Waals surface area contributed by atoms with Crippen LogP contribution >= 0.6 is 7.82 Å². The zero-order valence-corrected chi connectivity index (χ0v) is 14.8. The summed E-state index contributed by atoms with van der Waals surface area (Å²) in [5, 5.41) is 10.7. The fourth-order valence-corrected chi connectivity index (χ4v) is 4.31. The number of phosphoric acid groups is 1. The molecule has 28 heavy (non-hydrogen) atoms. The van der Waals surface area contributed by atoms with Gasteiger partial charge in [-0.2, -0.15) is 4.98 Å². The number of H-pyrrole nitrogens is 1. The molecule has 3 unspecified atom stereocenters. The third-order valence-electron chi connectivity index (χ3n) is 4.52. The van der Waals surface area contributed by atoms with Crippen molar-refractivity contribution in [3.05, 3.63) is 28.7 Å². The smallest absolute Gasteiger partial charge is 0.280 e. The van der Waals surface area contributed by atoms with E-state index >= 15 is 0 Å². The molecule has 14 heteroatoms. The van der Waals surface area contributed by atoms with Gasteiger partial charge in [0.2, 0.25) is 5.95 Å². The van der Waals surface area contributed by atoms with E-state index in [-0.39, 0.29) is 35.3 Å². The summed E-state index contributed by atoms with van der Waals surface area (Å²) in [6.45, 7) is -0.322. The van der Waals surface area contributed by atoms with Crippen molar-refractivity contribution in [3.63, 3.8) is 0 Å². The molecule has 4 N–H and O–H groups in total. The molecule has 148 valence electrons. The van der Waals surface area contributed by atoms with Crippen molar-refractivity contribution in [2.45, 2.75) is 24.5 Å². The molecule has 0 radical (unpaired) electrons. The van der Waals surface area contributed by atoms with E-state index in [2.05, 4.69) is 19.5 Å². The number of nitrogens with one attached hydrogen (secondary N) is 1. The number of ether oxygens (including phenoxy) is 1. The number of hydrogen-bond acceptors (Lipinski definition) is 11. The van der Waals surface area contributed by atoms with E-state index in [1.165, 1.54) is 10.8 Å². The van der Waals surface area contributed by atoms with Gasteiger partial charge in [-0.25, -0.2) is 4.98 Å². The maximum atomic E-state index is 12.3. The second-order valence-electron chi connectivity index (χ2n) is 6.27. The SMILES string of the molecule is Nc1nc2c(nc(-c3ccco3)n2[C@@H]2OC3COP(=O)([O-])O[C@H]3C2O)c(=O)[nH]1. The van der Waals surface area contributed by atoms with Crippen LogP contribution in [-0.2, 0) is 18.3 Å². The van der Waals surface area contributed by atoms with E-state index < -0.39 is 37.9 Å². The number of rotatable bonds is 2. The van der Waals surface area contributed by atoms with Gasteiger partial charge < -0.3 is 33.9 Å². The van der Waals surface area contributed by atoms with Crippen molar-refractivity contribution in [1.82, 2.24) is 19.5 Å². The maximum absolute atomic E-state index is 12.3. The first kappa shape index (κ1) is 17.6. The molecule has 3 aromatic heterocycles. The van der Waals surface area contributed by atoms with Gasteiger partial charge in [-0.05, 0) is 12.1 Å². The lowest BCUT2D eigenvalue weighted by atomic mass is 10.1. The maximum Gasteiger partial charge on any atom is 0.280 e. The molecule has 0 aromatic carbocycles. The van der Waals surface area contributed by atoms with E-state index in [0.717, 1.165) is 0 Å². The molecule has 0 amide bonds. The van der Waals surface area contributed by atoms with Gasteiger partial charge in [-0.3, -0.25) is 18.9 Å². The number of aliphatic hydroxyl groups is 1. The summed E-state index contributed by atoms with van der Waals surface area (Å²) >= 11 is 0. The minimum atomic E-state index is -4.55. The lowest BCUT2D eigenvalue weighted by Gasteiger charge is -2.34. The van der Waals surface area contributed by atoms with Crippen LogP contribution in [-0.4, -0.2) is 49.5 Å². The Balaban J connectivity index is 1.69. The quantitative estimate of drug-likeness (QED) is 0.444. The first-order valence-corrected chi connectivity index (χ1v) is 9.59. The molecule has 2 fully saturated rings. The average molecular weight is 410 g/mol. The number of aromatic amines is 1. The zero-order chi connectivity index (χ0) is 19.6. The Morgan fingerprint density at radius 2 is 2.25 bits per heavy atom. The number of nitrogen functional groups attached to an aromatic ring is 1. The van der Waals surface area contributed by atoms with E-state index in [0.29, 0.717) is 0 Å². The molecule has 3 aromatic rings. The van der Waals surface area contributed by atoms with Gasteiger partial charge >= 0.3 is 0 Å². The van der Waals surface area contributed by atoms with Crippen LogP contribution in [0.5, 0.6) is 0 Å². The predicted molar refractivity (Wildman–Crippen MR) is 88.6 cm³/mol. The van der Waals surface area contributed by atoms with Crippen LogP contribution in [0.1, 0.15) is 6.23 Å². The minimum absolute atomic E-state index is 0.0292. The first-order chi connectivity index (χ1) is 13.3. The molecule has 5 heterocycles. The van der Waals surface area contributed by atoms with Crippen LogP contribution in [0.2, 0.25) is 0 Å². The number of imidazole rings is 1. The van der Waals surface area contributed by atoms with Gasteiger partial charge in [0.1, 0.15) is 18.3 Å². The topological polar surface area (TPSA) is 191 Å². The average Bonchev–Trinajstić information content (AvgIpc) is 3.33. The highest BCUT2D eigenvalue weighted by Crippen LogP contribution is 2.50. The Morgan fingerprint density at radius 3 is 3.00 bits per heavy atom. The molecule has 0 bridgehead atoms. The highest BCUT2D eigenvalue weighted by Gasteiger charge is 2.51. The summed E-state index contributed by atoms with van der Waals surface area (Å²) in [5.41, 5.74) is 5.03. The molecule has 2 aliphatic rings. The fourth-order valence-electron chi connectivity index (χ4n) is 3.36. The van der Waals surface area contributed by atoms with E-state index in [1.807, 2.05) is 0 Å². The van der Waals surface area contributed by atoms with Crippen molar-refractivity contribution in [3.8, 4) is 11.6 Å². The predicted octanol–water partition coefficient (Wildman–Crippen LogP) is -0.896. The van der Waals surface area contributed by atoms with Crippen LogP contribution in [0, 0.1) is 0 Å². The van der Waals surface area contributed by atoms with Crippen LogP contribution in [0.4, 0.5) is 5.95 Å². The van der Waals surface area contributed by atoms with Gasteiger partial charge in [-0.15, -0.1) is 0 Å². The van der Waals surface area contributed by atoms with Crippen LogP contribution < -0.4 is 16.2 Å². The summed E-state index contributed by atoms with van der Waals surface area (Å²) in [4.78, 5) is 34.5. The van der Waals surface area contributed by atoms with Gasteiger partial charge in [-0.1, -0.05) is 0 Å². The summed E-state index contributed by atoms with van der Waals surface area (Å²) in [5.74, 6) is 0.240. The monoisotopic (exact) mass is 410 g/mol. The van der Waals surface area contributed by atoms with E-state index in [4.69, 9.17) is 19.4 Å². The lowest BCUT2D eigenvalue weighted by Crippen LogP contribution is -2.41. The number of nitrogens with zero attached hydrogens (tertiary/aromatic N) is 3. The molecule has 0 saturated carbocycles. The molecule has 13 nitrogen and oxygen atoms in total. The van der Waals surface area contributed by atoms with Crippen molar-refractivity contribution < 1.29 is 32.8 Å². The van der Waals surface area contributed by atoms with Crippen molar-refractivity contribution in [2.24, 2.45) is 0 Å². The molecule has 0 spiro atoms. The minimum Gasteiger partial charge on any atom is -0.756 e. The molecule has 0 aliphatic carbocycles. The largest absolute Gasteiger partial charge is 0.756 e. The molecule has 2 saturated heterocycles. The van der Waals surface area contributed by atoms with Gasteiger partial charge in [0.15, 0.2) is 29.0 Å². The molecular weight excluding hydrogens is 397 g/mol. The summed E-state index contributed by atoms with van der Waals surface area (Å²) in [7, 11) is -4.55. The lowest BCUT2D eigenvalue weighted by molar-refractivity contribution is -0.245. The molecule has 5 atom stereocenters. The zero-order valence-electron chi connectivity index (χ0n) is 13.9. The Hall–Kier alpha value is -2.54. The normalized spacial score (nSPS) is 32.6. The van der Waals surface area contributed by atoms with E-state index in [9.17, 15) is 19.4 Å². The summed E-state index contributed by atoms with van der Waals surface area (Å²) < 4.78 is 33.5. The van der Waals surface area contributed by atoms with E-state index in [1.54, 1.807) is 12.1 Å². The van der Waals surface area contributed by atoms with Crippen LogP contribution in [0.15, 0.2) is 27.6 Å².